The van der Waals surface area contributed by atoms with E-state index in [0.29, 0.717) is 11.6 Å². The fourth-order valence-electron chi connectivity index (χ4n) is 5.86. The molecule has 1 aliphatic carbocycles. The molecule has 0 unspecified atom stereocenters. The molecule has 196 valence electrons. The van der Waals surface area contributed by atoms with Gasteiger partial charge in [-0.05, 0) is 107 Å². The summed E-state index contributed by atoms with van der Waals surface area (Å²) in [5.74, 6) is 2.48. The number of aryl methyl sites for hydroxylation is 3. The molecule has 1 aliphatic heterocycles. The highest BCUT2D eigenvalue weighted by atomic mass is 28.1. The molecule has 1 saturated heterocycles. The summed E-state index contributed by atoms with van der Waals surface area (Å²) < 4.78 is 12.1. The normalized spacial score (nSPS) is 19.2. The number of benzene rings is 2. The SMILES string of the molecule is Cc1cc(-c2cc(C3(NC(=O)c4cc(O[C@@H]([SiH3])[C@@H]5CCN5C)ccc4C)CC3)c3cccnc3c2)c(C)o1. The number of hydrogen-bond acceptors (Lipinski definition) is 5. The number of carbonyl (C=O) groups is 1. The monoisotopic (exact) mass is 525 g/mol. The van der Waals surface area contributed by atoms with Crippen LogP contribution in [-0.2, 0) is 5.54 Å². The number of furan rings is 1. The Balaban J connectivity index is 1.32. The summed E-state index contributed by atoms with van der Waals surface area (Å²) in [4.78, 5) is 20.7. The summed E-state index contributed by atoms with van der Waals surface area (Å²) in [6, 6.07) is 16.8. The zero-order valence-corrected chi connectivity index (χ0v) is 24.8. The Morgan fingerprint density at radius 1 is 1.18 bits per heavy atom. The van der Waals surface area contributed by atoms with E-state index < -0.39 is 5.54 Å². The predicted octanol–water partition coefficient (Wildman–Crippen LogP) is 4.61. The first-order chi connectivity index (χ1) is 18.2. The number of rotatable bonds is 7. The van der Waals surface area contributed by atoms with Crippen LogP contribution >= 0.6 is 0 Å². The topological polar surface area (TPSA) is 67.6 Å². The molecule has 0 bridgehead atoms. The number of aromatic nitrogens is 1. The second-order valence-corrected chi connectivity index (χ2v) is 12.2. The van der Waals surface area contributed by atoms with E-state index in [1.54, 1.807) is 0 Å². The Kier molecular flexibility index (Phi) is 6.15. The largest absolute Gasteiger partial charge is 0.494 e. The Morgan fingerprint density at radius 3 is 2.66 bits per heavy atom. The Bertz CT molecular complexity index is 1540. The van der Waals surface area contributed by atoms with Crippen LogP contribution < -0.4 is 10.1 Å². The number of nitrogens with zero attached hydrogens (tertiary/aromatic N) is 2. The van der Waals surface area contributed by atoms with E-state index >= 15 is 0 Å². The molecule has 3 heterocycles. The Labute approximate surface area is 226 Å². The van der Waals surface area contributed by atoms with Gasteiger partial charge in [0.05, 0.1) is 27.0 Å². The maximum absolute atomic E-state index is 13.7. The standard InChI is InChI=1S/C31H35N3O3Si/c1-18-7-8-22(37-30(38)28-9-13-34(28)4)17-24(18)29(35)33-31(10-11-31)26-15-21(25-14-19(2)36-20(25)3)16-27-23(26)6-5-12-32-27/h5-8,12,14-17,28,30H,9-11,13H2,1-4,38H3,(H,33,35)/t28-,30-/m0/s1. The van der Waals surface area contributed by atoms with Gasteiger partial charge in [0, 0.05) is 28.8 Å². The summed E-state index contributed by atoms with van der Waals surface area (Å²) in [5, 5.41) is 4.49. The first-order valence-electron chi connectivity index (χ1n) is 13.5. The van der Waals surface area contributed by atoms with E-state index in [1.165, 1.54) is 6.42 Å². The van der Waals surface area contributed by atoms with Crippen LogP contribution in [0.5, 0.6) is 5.75 Å². The number of carbonyl (C=O) groups excluding carboxylic acids is 1. The van der Waals surface area contributed by atoms with Crippen molar-refractivity contribution in [2.24, 2.45) is 0 Å². The van der Waals surface area contributed by atoms with Crippen LogP contribution in [0.3, 0.4) is 0 Å². The van der Waals surface area contributed by atoms with Gasteiger partial charge in [-0.25, -0.2) is 0 Å². The van der Waals surface area contributed by atoms with E-state index in [2.05, 4.69) is 46.5 Å². The van der Waals surface area contributed by atoms with E-state index in [-0.39, 0.29) is 11.6 Å². The lowest BCUT2D eigenvalue weighted by Gasteiger charge is -2.41. The lowest BCUT2D eigenvalue weighted by atomic mass is 9.93. The Morgan fingerprint density at radius 2 is 2.00 bits per heavy atom. The summed E-state index contributed by atoms with van der Waals surface area (Å²) in [7, 11) is 3.09. The van der Waals surface area contributed by atoms with Crippen LogP contribution in [0.1, 0.15) is 52.3 Å². The number of likely N-dealkylation sites (N-methyl/N-ethyl adjacent to an activating group) is 1. The molecule has 2 aliphatic rings. The lowest BCUT2D eigenvalue weighted by molar-refractivity contribution is 0.0562. The van der Waals surface area contributed by atoms with Crippen molar-refractivity contribution in [1.29, 1.82) is 0 Å². The highest BCUT2D eigenvalue weighted by molar-refractivity contribution is 6.11. The molecular formula is C31H35N3O3Si. The van der Waals surface area contributed by atoms with Gasteiger partial charge < -0.3 is 19.4 Å². The molecule has 2 atom stereocenters. The lowest BCUT2D eigenvalue weighted by Crippen LogP contribution is -2.53. The van der Waals surface area contributed by atoms with E-state index in [4.69, 9.17) is 9.15 Å². The van der Waals surface area contributed by atoms with Crippen molar-refractivity contribution in [3.63, 3.8) is 0 Å². The molecule has 4 aromatic rings. The molecule has 1 saturated carbocycles. The number of fused-ring (bicyclic) bond motifs is 1. The van der Waals surface area contributed by atoms with Crippen molar-refractivity contribution in [1.82, 2.24) is 15.2 Å². The first kappa shape index (κ1) is 24.9. The number of ether oxygens (including phenoxy) is 1. The van der Waals surface area contributed by atoms with Crippen molar-refractivity contribution in [3.05, 3.63) is 82.9 Å². The van der Waals surface area contributed by atoms with E-state index in [9.17, 15) is 4.79 Å². The zero-order valence-electron chi connectivity index (χ0n) is 22.8. The molecule has 1 amide bonds. The summed E-state index contributed by atoms with van der Waals surface area (Å²) in [5.41, 5.74) is 5.57. The third-order valence-corrected chi connectivity index (χ3v) is 9.36. The van der Waals surface area contributed by atoms with Crippen molar-refractivity contribution >= 4 is 27.1 Å². The number of amides is 1. The first-order valence-corrected chi connectivity index (χ1v) is 14.7. The average Bonchev–Trinajstić information content (AvgIpc) is 3.58. The fraction of sp³-hybridized carbons (Fsp3) is 0.355. The molecule has 6 rings (SSSR count). The molecule has 38 heavy (non-hydrogen) atoms. The van der Waals surface area contributed by atoms with Gasteiger partial charge in [0.15, 0.2) is 0 Å². The summed E-state index contributed by atoms with van der Waals surface area (Å²) in [6.07, 6.45) is 4.77. The highest BCUT2D eigenvalue weighted by Crippen LogP contribution is 2.49. The van der Waals surface area contributed by atoms with Crippen LogP contribution in [0.25, 0.3) is 22.0 Å². The van der Waals surface area contributed by atoms with Gasteiger partial charge in [0.2, 0.25) is 0 Å². The molecule has 7 heteroatoms. The summed E-state index contributed by atoms with van der Waals surface area (Å²) >= 11 is 0. The molecule has 2 aromatic heterocycles. The van der Waals surface area contributed by atoms with Crippen LogP contribution in [0.4, 0.5) is 0 Å². The van der Waals surface area contributed by atoms with Gasteiger partial charge in [-0.15, -0.1) is 0 Å². The van der Waals surface area contributed by atoms with Crippen molar-refractivity contribution < 1.29 is 13.9 Å². The molecule has 0 radical (unpaired) electrons. The van der Waals surface area contributed by atoms with Gasteiger partial charge in [0.25, 0.3) is 5.91 Å². The molecule has 0 spiro atoms. The molecular weight excluding hydrogens is 490 g/mol. The van der Waals surface area contributed by atoms with Gasteiger partial charge in [-0.3, -0.25) is 9.78 Å². The number of hydrogen-bond donors (Lipinski definition) is 1. The summed E-state index contributed by atoms with van der Waals surface area (Å²) in [6.45, 7) is 7.07. The van der Waals surface area contributed by atoms with Crippen molar-refractivity contribution in [2.75, 3.05) is 13.6 Å². The number of pyridine rings is 1. The van der Waals surface area contributed by atoms with Crippen LogP contribution in [-0.4, -0.2) is 51.4 Å². The van der Waals surface area contributed by atoms with Gasteiger partial charge >= 0.3 is 0 Å². The minimum absolute atomic E-state index is 0.0612. The third kappa shape index (κ3) is 4.44. The number of likely N-dealkylation sites (tertiary alicyclic amines) is 1. The van der Waals surface area contributed by atoms with Gasteiger partial charge in [-0.2, -0.15) is 0 Å². The number of nitrogens with one attached hydrogen (secondary N) is 1. The van der Waals surface area contributed by atoms with Crippen molar-refractivity contribution in [3.8, 4) is 16.9 Å². The highest BCUT2D eigenvalue weighted by Gasteiger charge is 2.47. The molecule has 2 aromatic carbocycles. The molecule has 6 nitrogen and oxygen atoms in total. The predicted molar refractivity (Wildman–Crippen MR) is 154 cm³/mol. The van der Waals surface area contributed by atoms with E-state index in [1.807, 2.05) is 51.2 Å². The quantitative estimate of drug-likeness (QED) is 0.357. The van der Waals surface area contributed by atoms with E-state index in [0.717, 1.165) is 80.1 Å². The molecule has 1 N–H and O–H groups in total. The van der Waals surface area contributed by atoms with Crippen LogP contribution in [0, 0.1) is 20.8 Å². The fourth-order valence-corrected chi connectivity index (χ4v) is 6.98. The van der Waals surface area contributed by atoms with Gasteiger partial charge in [-0.1, -0.05) is 12.1 Å². The third-order valence-electron chi connectivity index (χ3n) is 8.35. The second kappa shape index (κ2) is 9.40. The van der Waals surface area contributed by atoms with Crippen molar-refractivity contribution in [2.45, 2.75) is 57.3 Å². The second-order valence-electron chi connectivity index (χ2n) is 11.1. The maximum Gasteiger partial charge on any atom is 0.252 e. The van der Waals surface area contributed by atoms with Crippen LogP contribution in [0.2, 0.25) is 0 Å². The average molecular weight is 526 g/mol. The smallest absolute Gasteiger partial charge is 0.252 e. The Hall–Kier alpha value is -3.42. The van der Waals surface area contributed by atoms with Gasteiger partial charge in [0.1, 0.15) is 17.3 Å². The van der Waals surface area contributed by atoms with Crippen LogP contribution in [0.15, 0.2) is 59.1 Å². The minimum Gasteiger partial charge on any atom is -0.494 e. The minimum atomic E-state index is -0.417. The maximum atomic E-state index is 13.7. The zero-order chi connectivity index (χ0) is 26.6. The molecule has 2 fully saturated rings.